The Balaban J connectivity index is 1.45. The molecule has 31 heavy (non-hydrogen) atoms. The van der Waals surface area contributed by atoms with Crippen LogP contribution in [0.2, 0.25) is 0 Å². The third-order valence-electron chi connectivity index (χ3n) is 4.39. The lowest BCUT2D eigenvalue weighted by Crippen LogP contribution is -2.33. The zero-order valence-corrected chi connectivity index (χ0v) is 17.7. The molecule has 0 aliphatic carbocycles. The van der Waals surface area contributed by atoms with Crippen molar-refractivity contribution in [2.75, 3.05) is 0 Å². The lowest BCUT2D eigenvalue weighted by Gasteiger charge is -2.13. The lowest BCUT2D eigenvalue weighted by molar-refractivity contribution is -0.127. The highest BCUT2D eigenvalue weighted by atomic mass is 16.5. The highest BCUT2D eigenvalue weighted by molar-refractivity contribution is 5.87. The summed E-state index contributed by atoms with van der Waals surface area (Å²) in [5, 5.41) is 4.00. The molecule has 1 amide bonds. The summed E-state index contributed by atoms with van der Waals surface area (Å²) >= 11 is 0. The summed E-state index contributed by atoms with van der Waals surface area (Å²) in [5.41, 5.74) is 5.61. The minimum atomic E-state index is -0.688. The van der Waals surface area contributed by atoms with Crippen LogP contribution in [0.4, 0.5) is 0 Å². The number of allylic oxidation sites excluding steroid dienone is 1. The van der Waals surface area contributed by atoms with Gasteiger partial charge in [0, 0.05) is 0 Å². The number of rotatable bonds is 9. The first-order valence-electron chi connectivity index (χ1n) is 10.1. The Morgan fingerprint density at radius 2 is 1.55 bits per heavy atom. The fourth-order valence-corrected chi connectivity index (χ4v) is 2.75. The number of nitrogens with zero attached hydrogens (tertiary/aromatic N) is 1. The Kier molecular flexibility index (Phi) is 8.00. The first-order chi connectivity index (χ1) is 15.1. The second kappa shape index (κ2) is 11.4. The molecule has 5 nitrogen and oxygen atoms in total. The molecule has 1 unspecified atom stereocenters. The van der Waals surface area contributed by atoms with Gasteiger partial charge < -0.3 is 9.47 Å². The van der Waals surface area contributed by atoms with Gasteiger partial charge in [-0.25, -0.2) is 5.43 Å². The van der Waals surface area contributed by atoms with Crippen molar-refractivity contribution in [1.82, 2.24) is 5.43 Å². The van der Waals surface area contributed by atoms with Gasteiger partial charge in [-0.1, -0.05) is 66.7 Å². The maximum absolute atomic E-state index is 12.2. The minimum Gasteiger partial charge on any atom is -0.489 e. The molecule has 0 radical (unpaired) electrons. The van der Waals surface area contributed by atoms with Crippen molar-refractivity contribution in [3.63, 3.8) is 0 Å². The van der Waals surface area contributed by atoms with E-state index in [0.717, 1.165) is 22.4 Å². The van der Waals surface area contributed by atoms with E-state index in [9.17, 15) is 4.79 Å². The quantitative estimate of drug-likeness (QED) is 0.385. The van der Waals surface area contributed by atoms with Crippen molar-refractivity contribution in [2.24, 2.45) is 5.10 Å². The molecule has 0 aromatic heterocycles. The molecule has 0 bridgehead atoms. The smallest absolute Gasteiger partial charge is 0.280 e. The number of hydrazone groups is 1. The van der Waals surface area contributed by atoms with Crippen LogP contribution in [-0.2, 0) is 11.4 Å². The van der Waals surface area contributed by atoms with Crippen molar-refractivity contribution < 1.29 is 14.3 Å². The molecule has 0 fully saturated rings. The maximum Gasteiger partial charge on any atom is 0.280 e. The molecular formula is C26H26N2O3. The molecule has 0 spiro atoms. The van der Waals surface area contributed by atoms with E-state index in [-0.39, 0.29) is 5.91 Å². The largest absolute Gasteiger partial charge is 0.489 e. The van der Waals surface area contributed by atoms with E-state index in [0.29, 0.717) is 12.4 Å². The van der Waals surface area contributed by atoms with E-state index in [2.05, 4.69) is 10.5 Å². The van der Waals surface area contributed by atoms with Gasteiger partial charge in [-0.2, -0.15) is 5.10 Å². The van der Waals surface area contributed by atoms with Gasteiger partial charge in [0.2, 0.25) is 0 Å². The van der Waals surface area contributed by atoms with Gasteiger partial charge in [-0.3, -0.25) is 4.79 Å². The molecule has 0 aliphatic heterocycles. The Morgan fingerprint density at radius 1 is 0.935 bits per heavy atom. The second-order valence-electron chi connectivity index (χ2n) is 7.04. The Hall–Kier alpha value is -3.86. The Bertz CT molecular complexity index is 1010. The van der Waals surface area contributed by atoms with Crippen LogP contribution >= 0.6 is 0 Å². The van der Waals surface area contributed by atoms with Crippen LogP contribution in [0.15, 0.2) is 95.6 Å². The third kappa shape index (κ3) is 7.48. The van der Waals surface area contributed by atoms with Gasteiger partial charge in [-0.05, 0) is 54.8 Å². The topological polar surface area (TPSA) is 59.9 Å². The highest BCUT2D eigenvalue weighted by Crippen LogP contribution is 2.19. The van der Waals surface area contributed by atoms with Crippen LogP contribution in [0.3, 0.4) is 0 Å². The molecule has 0 saturated heterocycles. The highest BCUT2D eigenvalue weighted by Gasteiger charge is 2.13. The van der Waals surface area contributed by atoms with E-state index in [1.54, 1.807) is 25.3 Å². The number of carbonyl (C=O) groups is 1. The summed E-state index contributed by atoms with van der Waals surface area (Å²) in [6.45, 7) is 4.09. The van der Waals surface area contributed by atoms with Gasteiger partial charge >= 0.3 is 0 Å². The number of carbonyl (C=O) groups excluding carboxylic acids is 1. The SMILES string of the molecule is CC(=C/c1ccccc1)/C=N/NC(=O)C(C)Oc1ccc(OCc2ccccc2)cc1. The molecule has 0 aliphatic rings. The van der Waals surface area contributed by atoms with Crippen LogP contribution in [0, 0.1) is 0 Å². The molecule has 5 heteroatoms. The number of hydrogen-bond donors (Lipinski definition) is 1. The first kappa shape index (κ1) is 21.8. The fraction of sp³-hybridized carbons (Fsp3) is 0.154. The van der Waals surface area contributed by atoms with Crippen molar-refractivity contribution >= 4 is 18.2 Å². The molecule has 0 saturated carbocycles. The van der Waals surface area contributed by atoms with Gasteiger partial charge in [-0.15, -0.1) is 0 Å². The third-order valence-corrected chi connectivity index (χ3v) is 4.39. The first-order valence-corrected chi connectivity index (χ1v) is 10.1. The average molecular weight is 415 g/mol. The Labute approximate surface area is 183 Å². The molecule has 3 aromatic rings. The van der Waals surface area contributed by atoms with Gasteiger partial charge in [0.1, 0.15) is 18.1 Å². The van der Waals surface area contributed by atoms with Crippen LogP contribution in [-0.4, -0.2) is 18.2 Å². The summed E-state index contributed by atoms with van der Waals surface area (Å²) in [4.78, 5) is 12.2. The standard InChI is InChI=1S/C26H26N2O3/c1-20(17-22-9-5-3-6-10-22)18-27-28-26(29)21(2)31-25-15-13-24(14-16-25)30-19-23-11-7-4-8-12-23/h3-18,21H,19H2,1-2H3,(H,28,29)/b20-17-,27-18+. The monoisotopic (exact) mass is 414 g/mol. The van der Waals surface area contributed by atoms with E-state index in [1.807, 2.05) is 85.8 Å². The number of benzene rings is 3. The second-order valence-corrected chi connectivity index (χ2v) is 7.04. The zero-order chi connectivity index (χ0) is 21.9. The number of ether oxygens (including phenoxy) is 2. The molecular weight excluding hydrogens is 388 g/mol. The van der Waals surface area contributed by atoms with Crippen LogP contribution in [0.25, 0.3) is 6.08 Å². The number of nitrogens with one attached hydrogen (secondary N) is 1. The van der Waals surface area contributed by atoms with Gasteiger partial charge in [0.25, 0.3) is 5.91 Å². The van der Waals surface area contributed by atoms with E-state index in [4.69, 9.17) is 9.47 Å². The van der Waals surface area contributed by atoms with Crippen LogP contribution in [0.1, 0.15) is 25.0 Å². The average Bonchev–Trinajstić information content (AvgIpc) is 2.80. The van der Waals surface area contributed by atoms with E-state index >= 15 is 0 Å². The van der Waals surface area contributed by atoms with Crippen molar-refractivity contribution in [1.29, 1.82) is 0 Å². The predicted octanol–water partition coefficient (Wildman–Crippen LogP) is 5.24. The number of hydrogen-bond acceptors (Lipinski definition) is 4. The predicted molar refractivity (Wildman–Crippen MR) is 124 cm³/mol. The summed E-state index contributed by atoms with van der Waals surface area (Å²) in [6.07, 6.45) is 2.90. The van der Waals surface area contributed by atoms with Gasteiger partial charge in [0.15, 0.2) is 6.10 Å². The number of amides is 1. The minimum absolute atomic E-state index is 0.326. The molecule has 1 atom stereocenters. The molecule has 1 N–H and O–H groups in total. The van der Waals surface area contributed by atoms with Crippen molar-refractivity contribution in [3.05, 3.63) is 102 Å². The molecule has 158 valence electrons. The fourth-order valence-electron chi connectivity index (χ4n) is 2.75. The van der Waals surface area contributed by atoms with E-state index < -0.39 is 6.10 Å². The lowest BCUT2D eigenvalue weighted by atomic mass is 10.1. The van der Waals surface area contributed by atoms with Crippen LogP contribution < -0.4 is 14.9 Å². The van der Waals surface area contributed by atoms with Crippen molar-refractivity contribution in [3.8, 4) is 11.5 Å². The van der Waals surface area contributed by atoms with Gasteiger partial charge in [0.05, 0.1) is 6.21 Å². The van der Waals surface area contributed by atoms with Crippen LogP contribution in [0.5, 0.6) is 11.5 Å². The zero-order valence-electron chi connectivity index (χ0n) is 17.7. The van der Waals surface area contributed by atoms with Crippen molar-refractivity contribution in [2.45, 2.75) is 26.6 Å². The summed E-state index contributed by atoms with van der Waals surface area (Å²) < 4.78 is 11.4. The molecule has 0 heterocycles. The Morgan fingerprint density at radius 3 is 2.23 bits per heavy atom. The maximum atomic E-state index is 12.2. The molecule has 3 aromatic carbocycles. The summed E-state index contributed by atoms with van der Waals surface area (Å²) in [6, 6.07) is 27.1. The summed E-state index contributed by atoms with van der Waals surface area (Å²) in [5.74, 6) is 0.991. The molecule has 3 rings (SSSR count). The normalized spacial score (nSPS) is 12.4. The summed E-state index contributed by atoms with van der Waals surface area (Å²) in [7, 11) is 0. The van der Waals surface area contributed by atoms with E-state index in [1.165, 1.54) is 0 Å².